The van der Waals surface area contributed by atoms with Crippen molar-refractivity contribution in [2.75, 3.05) is 26.2 Å². The summed E-state index contributed by atoms with van der Waals surface area (Å²) in [6.07, 6.45) is 5.73. The zero-order valence-corrected chi connectivity index (χ0v) is 15.5. The van der Waals surface area contributed by atoms with Crippen molar-refractivity contribution in [2.45, 2.75) is 38.2 Å². The average Bonchev–Trinajstić information content (AvgIpc) is 3.34. The summed E-state index contributed by atoms with van der Waals surface area (Å²) in [5.74, 6) is 0.904. The molecule has 5 heteroatoms. The molecular formula is C20H29ClN2O2. The van der Waals surface area contributed by atoms with Gasteiger partial charge in [0, 0.05) is 25.0 Å². The molecule has 2 saturated heterocycles. The number of carbonyl (C=O) groups is 1. The van der Waals surface area contributed by atoms with Crippen molar-refractivity contribution in [3.05, 3.63) is 35.9 Å². The summed E-state index contributed by atoms with van der Waals surface area (Å²) in [6, 6.07) is 10.4. The van der Waals surface area contributed by atoms with E-state index >= 15 is 0 Å². The summed E-state index contributed by atoms with van der Waals surface area (Å²) in [6.45, 7) is 3.69. The second-order valence-electron chi connectivity index (χ2n) is 7.72. The fourth-order valence-corrected chi connectivity index (χ4v) is 4.61. The van der Waals surface area contributed by atoms with Crippen LogP contribution in [0.4, 0.5) is 0 Å². The molecule has 0 bridgehead atoms. The highest BCUT2D eigenvalue weighted by Crippen LogP contribution is 2.58. The zero-order valence-electron chi connectivity index (χ0n) is 14.7. The lowest BCUT2D eigenvalue weighted by atomic mass is 9.89. The van der Waals surface area contributed by atoms with Gasteiger partial charge in [-0.3, -0.25) is 4.79 Å². The van der Waals surface area contributed by atoms with Crippen molar-refractivity contribution in [2.24, 2.45) is 17.3 Å². The van der Waals surface area contributed by atoms with Gasteiger partial charge >= 0.3 is 0 Å². The number of nitrogens with one attached hydrogen (secondary N) is 2. The first-order chi connectivity index (χ1) is 11.8. The van der Waals surface area contributed by atoms with Crippen LogP contribution in [0.2, 0.25) is 0 Å². The summed E-state index contributed by atoms with van der Waals surface area (Å²) in [5, 5.41) is 6.65. The van der Waals surface area contributed by atoms with Crippen LogP contribution in [-0.4, -0.2) is 32.1 Å². The van der Waals surface area contributed by atoms with E-state index in [4.69, 9.17) is 4.74 Å². The number of halogens is 1. The normalized spacial score (nSPS) is 30.3. The molecule has 2 aliphatic heterocycles. The third-order valence-electron chi connectivity index (χ3n) is 6.22. The van der Waals surface area contributed by atoms with E-state index in [-0.39, 0.29) is 30.3 Å². The summed E-state index contributed by atoms with van der Waals surface area (Å²) in [5.41, 5.74) is 1.55. The average molecular weight is 365 g/mol. The Hall–Kier alpha value is -1.10. The van der Waals surface area contributed by atoms with Gasteiger partial charge < -0.3 is 15.4 Å². The van der Waals surface area contributed by atoms with Gasteiger partial charge in [-0.15, -0.1) is 12.4 Å². The van der Waals surface area contributed by atoms with E-state index in [2.05, 4.69) is 34.9 Å². The molecule has 1 spiro atoms. The van der Waals surface area contributed by atoms with Gasteiger partial charge in [-0.1, -0.05) is 30.3 Å². The molecule has 1 amide bonds. The predicted octanol–water partition coefficient (Wildman–Crippen LogP) is 3.08. The SMILES string of the molecule is Cl.O=C(NCC1CCCOC1c1ccccc1)C1CC12CCNCC2. The minimum Gasteiger partial charge on any atom is -0.373 e. The first kappa shape index (κ1) is 18.7. The molecule has 3 atom stereocenters. The Morgan fingerprint density at radius 3 is 2.76 bits per heavy atom. The van der Waals surface area contributed by atoms with E-state index in [1.807, 2.05) is 6.07 Å². The summed E-state index contributed by atoms with van der Waals surface area (Å²) in [7, 11) is 0. The number of carbonyl (C=O) groups excluding carboxylic acids is 1. The molecule has 1 saturated carbocycles. The smallest absolute Gasteiger partial charge is 0.223 e. The second kappa shape index (κ2) is 8.07. The molecule has 1 aliphatic carbocycles. The summed E-state index contributed by atoms with van der Waals surface area (Å²) >= 11 is 0. The van der Waals surface area contributed by atoms with E-state index < -0.39 is 0 Å². The Bertz CT molecular complexity index is 574. The fraction of sp³-hybridized carbons (Fsp3) is 0.650. The highest BCUT2D eigenvalue weighted by molar-refractivity contribution is 5.85. The number of rotatable bonds is 4. The predicted molar refractivity (Wildman–Crippen MR) is 101 cm³/mol. The van der Waals surface area contributed by atoms with E-state index in [9.17, 15) is 4.79 Å². The molecule has 138 valence electrons. The van der Waals surface area contributed by atoms with E-state index in [1.165, 1.54) is 5.56 Å². The van der Waals surface area contributed by atoms with E-state index in [1.54, 1.807) is 0 Å². The third-order valence-corrected chi connectivity index (χ3v) is 6.22. The molecular weight excluding hydrogens is 336 g/mol. The van der Waals surface area contributed by atoms with Crippen molar-refractivity contribution in [1.82, 2.24) is 10.6 Å². The molecule has 3 fully saturated rings. The van der Waals surface area contributed by atoms with Crippen molar-refractivity contribution in [3.8, 4) is 0 Å². The maximum atomic E-state index is 12.6. The van der Waals surface area contributed by atoms with E-state index in [0.717, 1.165) is 58.3 Å². The van der Waals surface area contributed by atoms with Crippen LogP contribution in [-0.2, 0) is 9.53 Å². The number of hydrogen-bond donors (Lipinski definition) is 2. The molecule has 1 aromatic carbocycles. The lowest BCUT2D eigenvalue weighted by Crippen LogP contribution is -2.38. The highest BCUT2D eigenvalue weighted by Gasteiger charge is 2.57. The van der Waals surface area contributed by atoms with Gasteiger partial charge in [0.15, 0.2) is 0 Å². The lowest BCUT2D eigenvalue weighted by molar-refractivity contribution is -0.124. The Labute approximate surface area is 156 Å². The molecule has 4 rings (SSSR count). The fourth-order valence-electron chi connectivity index (χ4n) is 4.61. The van der Waals surface area contributed by atoms with Gasteiger partial charge in [-0.2, -0.15) is 0 Å². The third kappa shape index (κ3) is 4.02. The van der Waals surface area contributed by atoms with Crippen molar-refractivity contribution in [1.29, 1.82) is 0 Å². The number of amides is 1. The minimum absolute atomic E-state index is 0. The quantitative estimate of drug-likeness (QED) is 0.863. The van der Waals surface area contributed by atoms with Gasteiger partial charge in [0.05, 0.1) is 6.10 Å². The Balaban J connectivity index is 0.00000182. The minimum atomic E-state index is 0. The van der Waals surface area contributed by atoms with Crippen LogP contribution in [0.15, 0.2) is 30.3 Å². The van der Waals surface area contributed by atoms with Gasteiger partial charge in [0.2, 0.25) is 5.91 Å². The Morgan fingerprint density at radius 1 is 1.24 bits per heavy atom. The maximum absolute atomic E-state index is 12.6. The lowest BCUT2D eigenvalue weighted by Gasteiger charge is -2.32. The standard InChI is InChI=1S/C20H28N2O2.ClH/c23-19(17-13-20(17)8-10-21-11-9-20)22-14-16-7-4-12-24-18(16)15-5-2-1-3-6-15;/h1-3,5-6,16-18,21H,4,7-14H2,(H,22,23);1H. The first-order valence-electron chi connectivity index (χ1n) is 9.43. The molecule has 3 aliphatic rings. The van der Waals surface area contributed by atoms with Crippen LogP contribution >= 0.6 is 12.4 Å². The van der Waals surface area contributed by atoms with Crippen molar-refractivity contribution in [3.63, 3.8) is 0 Å². The van der Waals surface area contributed by atoms with Crippen LogP contribution in [0, 0.1) is 17.3 Å². The largest absolute Gasteiger partial charge is 0.373 e. The summed E-state index contributed by atoms with van der Waals surface area (Å²) < 4.78 is 6.04. The van der Waals surface area contributed by atoms with Gasteiger partial charge in [0.1, 0.15) is 0 Å². The van der Waals surface area contributed by atoms with E-state index in [0.29, 0.717) is 11.3 Å². The monoisotopic (exact) mass is 364 g/mol. The van der Waals surface area contributed by atoms with Crippen LogP contribution in [0.25, 0.3) is 0 Å². The zero-order chi connectivity index (χ0) is 16.4. The topological polar surface area (TPSA) is 50.4 Å². The molecule has 3 unspecified atom stereocenters. The summed E-state index contributed by atoms with van der Waals surface area (Å²) in [4.78, 5) is 12.6. The number of ether oxygens (including phenoxy) is 1. The number of piperidine rings is 1. The number of hydrogen-bond acceptors (Lipinski definition) is 3. The van der Waals surface area contributed by atoms with Gasteiger partial charge in [-0.05, 0) is 56.2 Å². The van der Waals surface area contributed by atoms with Crippen LogP contribution < -0.4 is 10.6 Å². The Kier molecular flexibility index (Phi) is 6.03. The van der Waals surface area contributed by atoms with Gasteiger partial charge in [0.25, 0.3) is 0 Å². The molecule has 25 heavy (non-hydrogen) atoms. The van der Waals surface area contributed by atoms with Crippen molar-refractivity contribution < 1.29 is 9.53 Å². The first-order valence-corrected chi connectivity index (χ1v) is 9.43. The number of benzene rings is 1. The molecule has 0 aromatic heterocycles. The maximum Gasteiger partial charge on any atom is 0.223 e. The Morgan fingerprint density at radius 2 is 2.00 bits per heavy atom. The van der Waals surface area contributed by atoms with Crippen LogP contribution in [0.1, 0.15) is 43.8 Å². The molecule has 4 nitrogen and oxygen atoms in total. The highest BCUT2D eigenvalue weighted by atomic mass is 35.5. The molecule has 2 N–H and O–H groups in total. The van der Waals surface area contributed by atoms with Gasteiger partial charge in [-0.25, -0.2) is 0 Å². The molecule has 2 heterocycles. The van der Waals surface area contributed by atoms with Crippen LogP contribution in [0.3, 0.4) is 0 Å². The molecule has 0 radical (unpaired) electrons. The second-order valence-corrected chi connectivity index (χ2v) is 7.72. The van der Waals surface area contributed by atoms with Crippen molar-refractivity contribution >= 4 is 18.3 Å². The molecule has 1 aromatic rings. The van der Waals surface area contributed by atoms with Crippen LogP contribution in [0.5, 0.6) is 0 Å².